The van der Waals surface area contributed by atoms with Crippen molar-refractivity contribution in [1.29, 1.82) is 0 Å². The number of rotatable bonds is 6. The summed E-state index contributed by atoms with van der Waals surface area (Å²) in [6.07, 6.45) is 1.19. The molecule has 138 valence electrons. The number of ether oxygens (including phenoxy) is 2. The van der Waals surface area contributed by atoms with Crippen LogP contribution in [0.15, 0.2) is 29.4 Å². The van der Waals surface area contributed by atoms with Gasteiger partial charge in [-0.25, -0.2) is 14.5 Å². The third-order valence-electron chi connectivity index (χ3n) is 2.95. The van der Waals surface area contributed by atoms with Crippen molar-refractivity contribution in [2.75, 3.05) is 19.5 Å². The summed E-state index contributed by atoms with van der Waals surface area (Å²) in [5.74, 6) is -0.571. The summed E-state index contributed by atoms with van der Waals surface area (Å²) < 4.78 is 36.2. The largest absolute Gasteiger partial charge is 0.481 e. The molecule has 2 aromatic heterocycles. The van der Waals surface area contributed by atoms with E-state index >= 15 is 0 Å². The number of aromatic nitrogens is 3. The minimum Gasteiger partial charge on any atom is -0.481 e. The highest BCUT2D eigenvalue weighted by Gasteiger charge is 2.25. The van der Waals surface area contributed by atoms with Crippen LogP contribution in [-0.4, -0.2) is 49.4 Å². The first-order valence-electron chi connectivity index (χ1n) is 7.03. The summed E-state index contributed by atoms with van der Waals surface area (Å²) in [4.78, 5) is 34.9. The number of amides is 2. The van der Waals surface area contributed by atoms with Gasteiger partial charge >= 0.3 is 6.03 Å². The molecule has 12 heteroatoms. The molecule has 0 bridgehead atoms. The SMILES string of the molecule is COc1cc(OC)nc(NC(=O)NS(=O)(=O)c2ncccc2C(C)=O)n1. The average molecular weight is 381 g/mol. The minimum absolute atomic E-state index is 0.0959. The highest BCUT2D eigenvalue weighted by molar-refractivity contribution is 7.90. The van der Waals surface area contributed by atoms with E-state index in [0.717, 1.165) is 0 Å². The van der Waals surface area contributed by atoms with Crippen LogP contribution in [0.2, 0.25) is 0 Å². The third-order valence-corrected chi connectivity index (χ3v) is 4.24. The number of anilines is 1. The number of carbonyl (C=O) groups is 2. The molecule has 0 saturated carbocycles. The minimum atomic E-state index is -4.40. The van der Waals surface area contributed by atoms with Gasteiger partial charge in [0.1, 0.15) is 0 Å². The highest BCUT2D eigenvalue weighted by atomic mass is 32.2. The van der Waals surface area contributed by atoms with Gasteiger partial charge in [0.05, 0.1) is 25.8 Å². The summed E-state index contributed by atoms with van der Waals surface area (Å²) >= 11 is 0. The third kappa shape index (κ3) is 4.42. The Balaban J connectivity index is 2.23. The lowest BCUT2D eigenvalue weighted by Gasteiger charge is -2.10. The number of nitrogens with one attached hydrogen (secondary N) is 2. The van der Waals surface area contributed by atoms with E-state index in [1.54, 1.807) is 4.72 Å². The molecular formula is C14H15N5O6S. The van der Waals surface area contributed by atoms with Crippen LogP contribution in [0.4, 0.5) is 10.7 Å². The number of urea groups is 1. The maximum Gasteiger partial charge on any atom is 0.335 e. The van der Waals surface area contributed by atoms with Crippen molar-refractivity contribution in [2.24, 2.45) is 0 Å². The number of carbonyl (C=O) groups excluding carboxylic acids is 2. The smallest absolute Gasteiger partial charge is 0.335 e. The van der Waals surface area contributed by atoms with Crippen molar-refractivity contribution in [3.8, 4) is 11.8 Å². The first-order chi connectivity index (χ1) is 12.3. The molecule has 2 aromatic rings. The van der Waals surface area contributed by atoms with Crippen molar-refractivity contribution in [3.63, 3.8) is 0 Å². The van der Waals surface area contributed by atoms with Crippen LogP contribution in [0.3, 0.4) is 0 Å². The number of hydrogen-bond donors (Lipinski definition) is 2. The van der Waals surface area contributed by atoms with Crippen molar-refractivity contribution in [2.45, 2.75) is 11.9 Å². The summed E-state index contributed by atoms with van der Waals surface area (Å²) in [5, 5.41) is 1.58. The Hall–Kier alpha value is -3.28. The molecule has 0 aliphatic carbocycles. The second-order valence-electron chi connectivity index (χ2n) is 4.75. The Bertz CT molecular complexity index is 924. The zero-order valence-corrected chi connectivity index (χ0v) is 14.8. The fourth-order valence-corrected chi connectivity index (χ4v) is 2.93. The molecule has 0 radical (unpaired) electrons. The quantitative estimate of drug-likeness (QED) is 0.686. The normalized spacial score (nSPS) is 10.7. The van der Waals surface area contributed by atoms with Gasteiger partial charge in [-0.1, -0.05) is 0 Å². The molecule has 0 atom stereocenters. The van der Waals surface area contributed by atoms with Crippen LogP contribution in [0.25, 0.3) is 0 Å². The lowest BCUT2D eigenvalue weighted by molar-refractivity contribution is 0.101. The number of nitrogens with zero attached hydrogens (tertiary/aromatic N) is 3. The van der Waals surface area contributed by atoms with E-state index in [2.05, 4.69) is 20.3 Å². The number of pyridine rings is 1. The summed E-state index contributed by atoms with van der Waals surface area (Å²) in [6, 6.07) is 2.91. The molecule has 0 saturated heterocycles. The van der Waals surface area contributed by atoms with Gasteiger partial charge in [0, 0.05) is 6.20 Å². The van der Waals surface area contributed by atoms with Crippen molar-refractivity contribution in [1.82, 2.24) is 19.7 Å². The van der Waals surface area contributed by atoms with Gasteiger partial charge in [-0.3, -0.25) is 10.1 Å². The Kier molecular flexibility index (Phi) is 5.67. The van der Waals surface area contributed by atoms with Gasteiger partial charge in [-0.2, -0.15) is 18.4 Å². The summed E-state index contributed by atoms with van der Waals surface area (Å²) in [6.45, 7) is 1.19. The molecule has 26 heavy (non-hydrogen) atoms. The van der Waals surface area contributed by atoms with Gasteiger partial charge in [-0.05, 0) is 19.1 Å². The van der Waals surface area contributed by atoms with Gasteiger partial charge in [0.25, 0.3) is 10.0 Å². The lowest BCUT2D eigenvalue weighted by atomic mass is 10.2. The summed E-state index contributed by atoms with van der Waals surface area (Å²) in [5.41, 5.74) is -0.146. The van der Waals surface area contributed by atoms with Crippen LogP contribution >= 0.6 is 0 Å². The van der Waals surface area contributed by atoms with Gasteiger partial charge < -0.3 is 9.47 Å². The molecule has 0 aliphatic rings. The number of Topliss-reactive ketones (excluding diaryl/α,β-unsaturated/α-hetero) is 1. The number of methoxy groups -OCH3 is 2. The highest BCUT2D eigenvalue weighted by Crippen LogP contribution is 2.17. The molecule has 0 spiro atoms. The molecule has 0 aromatic carbocycles. The predicted molar refractivity (Wildman–Crippen MR) is 88.7 cm³/mol. The number of ketones is 1. The fourth-order valence-electron chi connectivity index (χ4n) is 1.84. The van der Waals surface area contributed by atoms with Gasteiger partial charge in [0.2, 0.25) is 17.7 Å². The zero-order valence-electron chi connectivity index (χ0n) is 14.0. The molecule has 2 rings (SSSR count). The van der Waals surface area contributed by atoms with Crippen LogP contribution in [0, 0.1) is 0 Å². The van der Waals surface area contributed by atoms with E-state index in [4.69, 9.17) is 9.47 Å². The topological polar surface area (TPSA) is 149 Å². The Morgan fingerprint density at radius 3 is 2.27 bits per heavy atom. The maximum absolute atomic E-state index is 12.3. The summed E-state index contributed by atoms with van der Waals surface area (Å²) in [7, 11) is -1.70. The van der Waals surface area contributed by atoms with Crippen LogP contribution < -0.4 is 19.5 Å². The molecule has 11 nitrogen and oxygen atoms in total. The standard InChI is InChI=1S/C14H15N5O6S/c1-8(20)9-5-4-6-15-12(9)26(22,23)19-14(21)18-13-16-10(24-2)7-11(17-13)25-3/h4-7H,1-3H3,(H2,16,17,18,19,21). The molecular weight excluding hydrogens is 366 g/mol. The van der Waals surface area contributed by atoms with E-state index < -0.39 is 26.9 Å². The molecule has 0 fully saturated rings. The van der Waals surface area contributed by atoms with Crippen LogP contribution in [-0.2, 0) is 10.0 Å². The Morgan fingerprint density at radius 1 is 1.12 bits per heavy atom. The van der Waals surface area contributed by atoms with Gasteiger partial charge in [0.15, 0.2) is 10.8 Å². The van der Waals surface area contributed by atoms with Crippen LogP contribution in [0.1, 0.15) is 17.3 Å². The van der Waals surface area contributed by atoms with E-state index in [9.17, 15) is 18.0 Å². The molecule has 0 aliphatic heterocycles. The fraction of sp³-hybridized carbons (Fsp3) is 0.214. The predicted octanol–water partition coefficient (Wildman–Crippen LogP) is 0.602. The number of hydrogen-bond acceptors (Lipinski definition) is 9. The van der Waals surface area contributed by atoms with Crippen molar-refractivity contribution < 1.29 is 27.5 Å². The Morgan fingerprint density at radius 2 is 1.73 bits per heavy atom. The van der Waals surface area contributed by atoms with E-state index in [1.807, 2.05) is 0 Å². The van der Waals surface area contributed by atoms with Crippen molar-refractivity contribution in [3.05, 3.63) is 30.0 Å². The first-order valence-corrected chi connectivity index (χ1v) is 8.52. The molecule has 2 amide bonds. The van der Waals surface area contributed by atoms with Crippen molar-refractivity contribution >= 4 is 27.8 Å². The second kappa shape index (κ2) is 7.74. The van der Waals surface area contributed by atoms with E-state index in [0.29, 0.717) is 0 Å². The average Bonchev–Trinajstić information content (AvgIpc) is 2.60. The zero-order chi connectivity index (χ0) is 19.3. The molecule has 2 N–H and O–H groups in total. The maximum atomic E-state index is 12.3. The Labute approximate surface area is 148 Å². The number of sulfonamides is 1. The van der Waals surface area contributed by atoms with E-state index in [1.165, 1.54) is 45.5 Å². The monoisotopic (exact) mass is 381 g/mol. The molecule has 0 unspecified atom stereocenters. The lowest BCUT2D eigenvalue weighted by Crippen LogP contribution is -2.36. The first kappa shape index (κ1) is 19.1. The molecule has 2 heterocycles. The van der Waals surface area contributed by atoms with Crippen LogP contribution in [0.5, 0.6) is 11.8 Å². The van der Waals surface area contributed by atoms with E-state index in [-0.39, 0.29) is 23.3 Å². The second-order valence-corrected chi connectivity index (χ2v) is 6.35. The van der Waals surface area contributed by atoms with Gasteiger partial charge in [-0.15, -0.1) is 0 Å².